The molecule has 2 unspecified atom stereocenters. The maximum atomic E-state index is 12.0. The van der Waals surface area contributed by atoms with E-state index >= 15 is 0 Å². The number of hydrogen-bond acceptors (Lipinski definition) is 3. The Hall–Kier alpha value is -1.00. The second kappa shape index (κ2) is 6.64. The summed E-state index contributed by atoms with van der Waals surface area (Å²) in [5, 5.41) is 3.77. The summed E-state index contributed by atoms with van der Waals surface area (Å²) in [5.41, 5.74) is 2.51. The molecular formula is C16H24N2OS. The molecule has 1 amide bonds. The van der Waals surface area contributed by atoms with Crippen molar-refractivity contribution in [3.8, 4) is 0 Å². The zero-order chi connectivity index (χ0) is 14.7. The maximum absolute atomic E-state index is 12.0. The van der Waals surface area contributed by atoms with Crippen molar-refractivity contribution in [3.63, 3.8) is 0 Å². The van der Waals surface area contributed by atoms with Crippen LogP contribution in [0.4, 0.5) is 0 Å². The molecule has 0 aromatic heterocycles. The lowest BCUT2D eigenvalue weighted by atomic mass is 10.0. The van der Waals surface area contributed by atoms with E-state index in [0.29, 0.717) is 17.7 Å². The number of hydrogen-bond donors (Lipinski definition) is 1. The van der Waals surface area contributed by atoms with E-state index in [2.05, 4.69) is 56.6 Å². The molecule has 2 atom stereocenters. The van der Waals surface area contributed by atoms with Crippen molar-refractivity contribution < 1.29 is 4.79 Å². The van der Waals surface area contributed by atoms with E-state index in [1.807, 2.05) is 4.90 Å². The summed E-state index contributed by atoms with van der Waals surface area (Å²) in [7, 11) is 0. The first-order chi connectivity index (χ1) is 9.52. The van der Waals surface area contributed by atoms with Gasteiger partial charge in [-0.15, -0.1) is 0 Å². The Labute approximate surface area is 126 Å². The lowest BCUT2D eigenvalue weighted by Crippen LogP contribution is -2.34. The molecular weight excluding hydrogens is 268 g/mol. The number of carbonyl (C=O) groups is 1. The molecule has 1 N–H and O–H groups in total. The Morgan fingerprint density at radius 2 is 1.95 bits per heavy atom. The number of thioether (sulfide) groups is 1. The van der Waals surface area contributed by atoms with Gasteiger partial charge in [-0.1, -0.05) is 45.0 Å². The van der Waals surface area contributed by atoms with Gasteiger partial charge in [-0.25, -0.2) is 0 Å². The van der Waals surface area contributed by atoms with Crippen molar-refractivity contribution in [1.29, 1.82) is 0 Å². The van der Waals surface area contributed by atoms with Gasteiger partial charge in [0, 0.05) is 11.8 Å². The van der Waals surface area contributed by atoms with E-state index in [1.54, 1.807) is 11.8 Å². The van der Waals surface area contributed by atoms with Crippen LogP contribution < -0.4 is 5.32 Å². The van der Waals surface area contributed by atoms with Crippen LogP contribution in [-0.4, -0.2) is 35.4 Å². The van der Waals surface area contributed by atoms with Crippen LogP contribution in [-0.2, 0) is 4.79 Å². The van der Waals surface area contributed by atoms with Crippen LogP contribution >= 0.6 is 11.8 Å². The van der Waals surface area contributed by atoms with Gasteiger partial charge in [0.25, 0.3) is 0 Å². The molecule has 1 fully saturated rings. The smallest absolute Gasteiger partial charge is 0.238 e. The minimum atomic E-state index is 0.0262. The van der Waals surface area contributed by atoms with E-state index in [9.17, 15) is 4.79 Å². The Balaban J connectivity index is 2.15. The standard InChI is InChI=1S/C16H24N2OS/c1-11(2)13-5-7-14(8-6-13)16-17-9-15(19)18(16)10-12(3)20-4/h5-8,11-12,16-17H,9-10H2,1-4H3. The molecule has 1 aliphatic heterocycles. The Morgan fingerprint density at radius 1 is 1.30 bits per heavy atom. The van der Waals surface area contributed by atoms with Gasteiger partial charge >= 0.3 is 0 Å². The summed E-state index contributed by atoms with van der Waals surface area (Å²) in [6, 6.07) is 8.62. The second-order valence-corrected chi connectivity index (χ2v) is 6.97. The quantitative estimate of drug-likeness (QED) is 0.905. The minimum Gasteiger partial charge on any atom is -0.321 e. The molecule has 1 saturated heterocycles. The summed E-state index contributed by atoms with van der Waals surface area (Å²) in [6.07, 6.45) is 2.11. The molecule has 4 heteroatoms. The van der Waals surface area contributed by atoms with Crippen LogP contribution in [0.1, 0.15) is 44.0 Å². The van der Waals surface area contributed by atoms with Crippen LogP contribution in [0.3, 0.4) is 0 Å². The van der Waals surface area contributed by atoms with Gasteiger partial charge in [-0.2, -0.15) is 11.8 Å². The largest absolute Gasteiger partial charge is 0.321 e. The minimum absolute atomic E-state index is 0.0262. The monoisotopic (exact) mass is 292 g/mol. The number of benzene rings is 1. The summed E-state index contributed by atoms with van der Waals surface area (Å²) >= 11 is 1.80. The molecule has 0 aliphatic carbocycles. The van der Waals surface area contributed by atoms with Gasteiger partial charge in [-0.3, -0.25) is 10.1 Å². The number of nitrogens with zero attached hydrogens (tertiary/aromatic N) is 1. The van der Waals surface area contributed by atoms with Gasteiger partial charge in [0.05, 0.1) is 6.54 Å². The van der Waals surface area contributed by atoms with E-state index < -0.39 is 0 Å². The normalized spacial score (nSPS) is 20.8. The van der Waals surface area contributed by atoms with E-state index in [1.165, 1.54) is 11.1 Å². The SMILES string of the molecule is CSC(C)CN1C(=O)CNC1c1ccc(C(C)C)cc1. The molecule has 110 valence electrons. The molecule has 0 saturated carbocycles. The van der Waals surface area contributed by atoms with E-state index in [4.69, 9.17) is 0 Å². The van der Waals surface area contributed by atoms with Crippen molar-refractivity contribution in [1.82, 2.24) is 10.2 Å². The molecule has 0 radical (unpaired) electrons. The number of amides is 1. The highest BCUT2D eigenvalue weighted by Gasteiger charge is 2.32. The predicted octanol–water partition coefficient (Wildman–Crippen LogP) is 2.99. The predicted molar refractivity (Wildman–Crippen MR) is 86.0 cm³/mol. The van der Waals surface area contributed by atoms with Gasteiger partial charge in [-0.05, 0) is 23.3 Å². The van der Waals surface area contributed by atoms with Crippen LogP contribution in [0.2, 0.25) is 0 Å². The molecule has 1 aliphatic rings. The molecule has 0 spiro atoms. The lowest BCUT2D eigenvalue weighted by Gasteiger charge is -2.27. The maximum Gasteiger partial charge on any atom is 0.238 e. The van der Waals surface area contributed by atoms with Gasteiger partial charge in [0.15, 0.2) is 0 Å². The van der Waals surface area contributed by atoms with Gasteiger partial charge in [0.2, 0.25) is 5.91 Å². The summed E-state index contributed by atoms with van der Waals surface area (Å²) in [4.78, 5) is 14.0. The third-order valence-electron chi connectivity index (χ3n) is 3.85. The fourth-order valence-electron chi connectivity index (χ4n) is 2.46. The number of nitrogens with one attached hydrogen (secondary N) is 1. The molecule has 1 heterocycles. The van der Waals surface area contributed by atoms with Gasteiger partial charge in [0.1, 0.15) is 6.17 Å². The zero-order valence-corrected chi connectivity index (χ0v) is 13.5. The van der Waals surface area contributed by atoms with Crippen LogP contribution in [0, 0.1) is 0 Å². The van der Waals surface area contributed by atoms with Crippen LogP contribution in [0.15, 0.2) is 24.3 Å². The van der Waals surface area contributed by atoms with Gasteiger partial charge < -0.3 is 4.90 Å². The molecule has 1 aromatic carbocycles. The Morgan fingerprint density at radius 3 is 2.50 bits per heavy atom. The molecule has 0 bridgehead atoms. The highest BCUT2D eigenvalue weighted by atomic mass is 32.2. The molecule has 1 aromatic rings. The summed E-state index contributed by atoms with van der Waals surface area (Å²) in [5.74, 6) is 0.735. The van der Waals surface area contributed by atoms with Crippen molar-refractivity contribution in [2.24, 2.45) is 0 Å². The fraction of sp³-hybridized carbons (Fsp3) is 0.562. The first kappa shape index (κ1) is 15.4. The highest BCUT2D eigenvalue weighted by molar-refractivity contribution is 7.99. The topological polar surface area (TPSA) is 32.3 Å². The van der Waals surface area contributed by atoms with E-state index in [-0.39, 0.29) is 12.1 Å². The van der Waals surface area contributed by atoms with Crippen molar-refractivity contribution in [2.45, 2.75) is 38.1 Å². The van der Waals surface area contributed by atoms with Crippen molar-refractivity contribution >= 4 is 17.7 Å². The molecule has 3 nitrogen and oxygen atoms in total. The Kier molecular flexibility index (Phi) is 5.11. The summed E-state index contributed by atoms with van der Waals surface area (Å²) < 4.78 is 0. The summed E-state index contributed by atoms with van der Waals surface area (Å²) in [6.45, 7) is 7.79. The molecule has 2 rings (SSSR count). The van der Waals surface area contributed by atoms with E-state index in [0.717, 1.165) is 6.54 Å². The lowest BCUT2D eigenvalue weighted by molar-refractivity contribution is -0.128. The average Bonchev–Trinajstić information content (AvgIpc) is 2.80. The molecule has 20 heavy (non-hydrogen) atoms. The van der Waals surface area contributed by atoms with Crippen LogP contribution in [0.5, 0.6) is 0 Å². The zero-order valence-electron chi connectivity index (χ0n) is 12.7. The Bertz CT molecular complexity index is 458. The number of rotatable bonds is 5. The van der Waals surface area contributed by atoms with Crippen molar-refractivity contribution in [2.75, 3.05) is 19.3 Å². The third kappa shape index (κ3) is 3.36. The fourth-order valence-corrected chi connectivity index (χ4v) is 2.77. The van der Waals surface area contributed by atoms with Crippen molar-refractivity contribution in [3.05, 3.63) is 35.4 Å². The second-order valence-electron chi connectivity index (χ2n) is 5.70. The first-order valence-corrected chi connectivity index (χ1v) is 8.47. The highest BCUT2D eigenvalue weighted by Crippen LogP contribution is 2.25. The van der Waals surface area contributed by atoms with Crippen LogP contribution in [0.25, 0.3) is 0 Å². The first-order valence-electron chi connectivity index (χ1n) is 7.18. The third-order valence-corrected chi connectivity index (χ3v) is 4.81. The average molecular weight is 292 g/mol. The number of carbonyl (C=O) groups excluding carboxylic acids is 1.